The summed E-state index contributed by atoms with van der Waals surface area (Å²) in [5.41, 5.74) is 3.53. The number of aliphatic hydroxyl groups excluding tert-OH is 1. The molecule has 272 valence electrons. The average Bonchev–Trinajstić information content (AvgIpc) is 3.63. The molecule has 3 unspecified atom stereocenters. The third-order valence-corrected chi connectivity index (χ3v) is 8.67. The van der Waals surface area contributed by atoms with Crippen LogP contribution in [0.1, 0.15) is 72.1 Å². The number of hydrogen-bond acceptors (Lipinski definition) is 10. The Morgan fingerprint density at radius 2 is 1.67 bits per heavy atom. The number of aliphatic hydroxyl groups is 1. The van der Waals surface area contributed by atoms with Crippen molar-refractivity contribution in [2.24, 2.45) is 5.41 Å². The van der Waals surface area contributed by atoms with Gasteiger partial charge in [0.15, 0.2) is 0 Å². The van der Waals surface area contributed by atoms with Crippen LogP contribution in [0.25, 0.3) is 10.4 Å². The monoisotopic (exact) mass is 703 g/mol. The molecule has 1 fully saturated rings. The van der Waals surface area contributed by atoms with Crippen molar-refractivity contribution < 1.29 is 38.5 Å². The van der Waals surface area contributed by atoms with E-state index in [1.165, 1.54) is 4.90 Å². The third kappa shape index (κ3) is 13.3. The molecule has 2 aromatic rings. The standard InChI is InChI=1S/C35H53N5O8S/c1-23-29(49-22-38-23)25-12-10-24(11-13-25)20-37-31(43)27-19-26(41)21-40(27)32(44)30(34(2,3)4)39-28(42)9-8-15-46-17-18-47-16-14-36-33(45)48-35(5,6)7/h10-13,22,26-27,30,41H,8-9,14-21H2,1-7H3,(H,36,45)(H,37,43)(H,39,42). The van der Waals surface area contributed by atoms with Gasteiger partial charge in [0, 0.05) is 39.1 Å². The highest BCUT2D eigenvalue weighted by molar-refractivity contribution is 7.13. The van der Waals surface area contributed by atoms with Crippen LogP contribution < -0.4 is 16.0 Å². The highest BCUT2D eigenvalue weighted by atomic mass is 32.1. The maximum absolute atomic E-state index is 13.8. The van der Waals surface area contributed by atoms with Crippen LogP contribution in [0.5, 0.6) is 0 Å². The number of rotatable bonds is 16. The lowest BCUT2D eigenvalue weighted by Crippen LogP contribution is -2.57. The van der Waals surface area contributed by atoms with E-state index in [9.17, 15) is 24.3 Å². The largest absolute Gasteiger partial charge is 0.444 e. The van der Waals surface area contributed by atoms with Gasteiger partial charge in [0.2, 0.25) is 17.7 Å². The SMILES string of the molecule is Cc1ncsc1-c1ccc(CNC(=O)C2CC(O)CN2C(=O)C(NC(=O)CCCOCCOCCNC(=O)OC(C)(C)C)C(C)(C)C)cc1. The minimum absolute atomic E-state index is 0.00917. The normalized spacial score (nSPS) is 17.0. The molecule has 14 heteroatoms. The van der Waals surface area contributed by atoms with Gasteiger partial charge in [-0.2, -0.15) is 0 Å². The van der Waals surface area contributed by atoms with Crippen molar-refractivity contribution >= 4 is 35.2 Å². The number of hydrogen-bond donors (Lipinski definition) is 4. The van der Waals surface area contributed by atoms with Gasteiger partial charge in [0.1, 0.15) is 17.7 Å². The topological polar surface area (TPSA) is 168 Å². The maximum atomic E-state index is 13.8. The zero-order valence-corrected chi connectivity index (χ0v) is 30.6. The van der Waals surface area contributed by atoms with E-state index < -0.39 is 41.2 Å². The first-order valence-electron chi connectivity index (χ1n) is 16.7. The molecular weight excluding hydrogens is 650 g/mol. The summed E-state index contributed by atoms with van der Waals surface area (Å²) in [5.74, 6) is -1.07. The number of nitrogens with one attached hydrogen (secondary N) is 3. The summed E-state index contributed by atoms with van der Waals surface area (Å²) in [6.07, 6.45) is -0.641. The number of β-amino-alcohol motifs (C(OH)–C–C–N with tert-alkyl or cyclic N) is 1. The molecule has 1 aliphatic heterocycles. The molecule has 0 aliphatic carbocycles. The molecule has 49 heavy (non-hydrogen) atoms. The van der Waals surface area contributed by atoms with Crippen molar-refractivity contribution in [1.29, 1.82) is 0 Å². The summed E-state index contributed by atoms with van der Waals surface area (Å²) in [7, 11) is 0. The van der Waals surface area contributed by atoms with E-state index in [4.69, 9.17) is 14.2 Å². The van der Waals surface area contributed by atoms with E-state index in [0.717, 1.165) is 21.7 Å². The van der Waals surface area contributed by atoms with Crippen LogP contribution in [0.4, 0.5) is 4.79 Å². The molecule has 1 aliphatic rings. The zero-order chi connectivity index (χ0) is 36.2. The maximum Gasteiger partial charge on any atom is 0.407 e. The predicted octanol–water partition coefficient (Wildman–Crippen LogP) is 3.57. The highest BCUT2D eigenvalue weighted by Crippen LogP contribution is 2.28. The van der Waals surface area contributed by atoms with Gasteiger partial charge in [-0.05, 0) is 50.7 Å². The molecule has 1 aromatic heterocycles. The summed E-state index contributed by atoms with van der Waals surface area (Å²) in [5, 5.41) is 18.8. The summed E-state index contributed by atoms with van der Waals surface area (Å²) in [6, 6.07) is 6.12. The number of aromatic nitrogens is 1. The van der Waals surface area contributed by atoms with Gasteiger partial charge in [0.05, 0.1) is 42.0 Å². The molecule has 4 N–H and O–H groups in total. The van der Waals surface area contributed by atoms with E-state index in [2.05, 4.69) is 20.9 Å². The van der Waals surface area contributed by atoms with Gasteiger partial charge in [-0.1, -0.05) is 45.0 Å². The second-order valence-electron chi connectivity index (χ2n) is 14.2. The second-order valence-corrected chi connectivity index (χ2v) is 15.1. The number of nitrogens with zero attached hydrogens (tertiary/aromatic N) is 2. The van der Waals surface area contributed by atoms with E-state index in [1.807, 2.05) is 57.5 Å². The summed E-state index contributed by atoms with van der Waals surface area (Å²) in [6.45, 7) is 14.8. The Bertz CT molecular complexity index is 1390. The Balaban J connectivity index is 1.41. The first-order chi connectivity index (χ1) is 23.0. The van der Waals surface area contributed by atoms with Crippen LogP contribution in [-0.2, 0) is 35.1 Å². The van der Waals surface area contributed by atoms with Gasteiger partial charge in [0.25, 0.3) is 0 Å². The Morgan fingerprint density at radius 1 is 1.00 bits per heavy atom. The lowest BCUT2D eigenvalue weighted by molar-refractivity contribution is -0.144. The number of carbonyl (C=O) groups is 4. The van der Waals surface area contributed by atoms with Crippen molar-refractivity contribution in [3.05, 3.63) is 41.0 Å². The first kappa shape index (κ1) is 39.8. The lowest BCUT2D eigenvalue weighted by Gasteiger charge is -2.35. The van der Waals surface area contributed by atoms with Crippen molar-refractivity contribution in [2.45, 2.75) is 98.1 Å². The van der Waals surface area contributed by atoms with Crippen LogP contribution in [0.15, 0.2) is 29.8 Å². The van der Waals surface area contributed by atoms with Crippen molar-refractivity contribution in [1.82, 2.24) is 25.8 Å². The molecule has 13 nitrogen and oxygen atoms in total. The summed E-state index contributed by atoms with van der Waals surface area (Å²) >= 11 is 1.57. The first-order valence-corrected chi connectivity index (χ1v) is 17.6. The Hall–Kier alpha value is -3.59. The average molecular weight is 704 g/mol. The number of amides is 4. The number of carbonyl (C=O) groups excluding carboxylic acids is 4. The van der Waals surface area contributed by atoms with E-state index in [0.29, 0.717) is 39.4 Å². The van der Waals surface area contributed by atoms with Crippen LogP contribution in [0.2, 0.25) is 0 Å². The van der Waals surface area contributed by atoms with Gasteiger partial charge < -0.3 is 40.2 Å². The van der Waals surface area contributed by atoms with E-state index in [-0.39, 0.29) is 37.7 Å². The minimum Gasteiger partial charge on any atom is -0.444 e. The molecule has 1 aromatic carbocycles. The lowest BCUT2D eigenvalue weighted by atomic mass is 9.85. The van der Waals surface area contributed by atoms with Crippen molar-refractivity contribution in [2.75, 3.05) is 39.5 Å². The molecular formula is C35H53N5O8S. The fraction of sp³-hybridized carbons (Fsp3) is 0.629. The van der Waals surface area contributed by atoms with E-state index in [1.54, 1.807) is 32.1 Å². The third-order valence-electron chi connectivity index (χ3n) is 7.69. The number of benzene rings is 1. The van der Waals surface area contributed by atoms with Gasteiger partial charge in [-0.15, -0.1) is 11.3 Å². The molecule has 0 saturated carbocycles. The molecule has 3 rings (SSSR count). The molecule has 0 bridgehead atoms. The van der Waals surface area contributed by atoms with Crippen LogP contribution in [0.3, 0.4) is 0 Å². The van der Waals surface area contributed by atoms with E-state index >= 15 is 0 Å². The number of likely N-dealkylation sites (tertiary alicyclic amines) is 1. The smallest absolute Gasteiger partial charge is 0.407 e. The molecule has 0 spiro atoms. The van der Waals surface area contributed by atoms with Gasteiger partial charge in [-0.25, -0.2) is 9.78 Å². The fourth-order valence-corrected chi connectivity index (χ4v) is 6.02. The molecule has 0 radical (unpaired) electrons. The van der Waals surface area contributed by atoms with Crippen molar-refractivity contribution in [3.8, 4) is 10.4 Å². The number of aryl methyl sites for hydroxylation is 1. The van der Waals surface area contributed by atoms with Gasteiger partial charge >= 0.3 is 6.09 Å². The number of alkyl carbamates (subject to hydrolysis) is 1. The Morgan fingerprint density at radius 3 is 2.29 bits per heavy atom. The Labute approximate surface area is 293 Å². The Kier molecular flexibility index (Phi) is 15.0. The molecule has 4 amide bonds. The summed E-state index contributed by atoms with van der Waals surface area (Å²) in [4.78, 5) is 58.4. The predicted molar refractivity (Wildman–Crippen MR) is 187 cm³/mol. The summed E-state index contributed by atoms with van der Waals surface area (Å²) < 4.78 is 16.1. The van der Waals surface area contributed by atoms with Crippen molar-refractivity contribution in [3.63, 3.8) is 0 Å². The molecule has 3 atom stereocenters. The number of ether oxygens (including phenoxy) is 3. The zero-order valence-electron chi connectivity index (χ0n) is 29.8. The number of thiazole rings is 1. The van der Waals surface area contributed by atoms with Crippen LogP contribution in [-0.4, -0.2) is 102 Å². The minimum atomic E-state index is -0.896. The van der Waals surface area contributed by atoms with Crippen LogP contribution >= 0.6 is 11.3 Å². The second kappa shape index (κ2) is 18.4. The quantitative estimate of drug-likeness (QED) is 0.191. The van der Waals surface area contributed by atoms with Crippen LogP contribution in [0, 0.1) is 12.3 Å². The molecule has 2 heterocycles. The molecule has 1 saturated heterocycles. The highest BCUT2D eigenvalue weighted by Gasteiger charge is 2.44. The van der Waals surface area contributed by atoms with Gasteiger partial charge in [-0.3, -0.25) is 14.4 Å². The fourth-order valence-electron chi connectivity index (χ4n) is 5.21.